The number of nitrogens with one attached hydrogen (secondary N) is 1. The van der Waals surface area contributed by atoms with Crippen molar-refractivity contribution in [2.24, 2.45) is 5.92 Å². The smallest absolute Gasteiger partial charge is 0.257 e. The summed E-state index contributed by atoms with van der Waals surface area (Å²) >= 11 is 0. The van der Waals surface area contributed by atoms with E-state index in [1.807, 2.05) is 36.4 Å². The first kappa shape index (κ1) is 20.7. The number of anilines is 1. The summed E-state index contributed by atoms with van der Waals surface area (Å²) in [5, 5.41) is 3.03. The maximum atomic E-state index is 12.9. The number of amides is 2. The van der Waals surface area contributed by atoms with Crippen LogP contribution in [0.5, 0.6) is 5.75 Å². The maximum absolute atomic E-state index is 12.9. The van der Waals surface area contributed by atoms with Crippen molar-refractivity contribution in [2.45, 2.75) is 19.3 Å². The van der Waals surface area contributed by atoms with Gasteiger partial charge in [0.1, 0.15) is 12.0 Å². The SMILES string of the molecule is COc1ccc(NC(=O)[C@H]2CCCN(C(=O)c3ccoc3)C2)cc1Cc1ccccc1. The van der Waals surface area contributed by atoms with E-state index in [1.54, 1.807) is 18.1 Å². The fourth-order valence-corrected chi connectivity index (χ4v) is 4.00. The van der Waals surface area contributed by atoms with E-state index >= 15 is 0 Å². The topological polar surface area (TPSA) is 71.8 Å². The van der Waals surface area contributed by atoms with Crippen LogP contribution in [-0.4, -0.2) is 36.9 Å². The highest BCUT2D eigenvalue weighted by Gasteiger charge is 2.29. The molecule has 1 aliphatic rings. The predicted octanol–water partition coefficient (Wildman–Crippen LogP) is 4.37. The molecule has 1 N–H and O–H groups in total. The van der Waals surface area contributed by atoms with Gasteiger partial charge in [0.2, 0.25) is 5.91 Å². The monoisotopic (exact) mass is 418 g/mol. The number of hydrogen-bond donors (Lipinski definition) is 1. The summed E-state index contributed by atoms with van der Waals surface area (Å²) in [6.45, 7) is 1.06. The minimum absolute atomic E-state index is 0.0690. The van der Waals surface area contributed by atoms with Gasteiger partial charge in [-0.1, -0.05) is 30.3 Å². The Morgan fingerprint density at radius 3 is 2.74 bits per heavy atom. The van der Waals surface area contributed by atoms with E-state index in [2.05, 4.69) is 17.4 Å². The third-order valence-electron chi connectivity index (χ3n) is 5.63. The Balaban J connectivity index is 1.44. The van der Waals surface area contributed by atoms with Gasteiger partial charge in [-0.2, -0.15) is 0 Å². The lowest BCUT2D eigenvalue weighted by molar-refractivity contribution is -0.121. The second kappa shape index (κ2) is 9.51. The lowest BCUT2D eigenvalue weighted by atomic mass is 9.96. The molecule has 1 aromatic heterocycles. The lowest BCUT2D eigenvalue weighted by Gasteiger charge is -2.31. The zero-order valence-corrected chi connectivity index (χ0v) is 17.5. The Bertz CT molecular complexity index is 1030. The number of rotatable bonds is 6. The van der Waals surface area contributed by atoms with Gasteiger partial charge < -0.3 is 19.4 Å². The van der Waals surface area contributed by atoms with E-state index in [-0.39, 0.29) is 17.7 Å². The van der Waals surface area contributed by atoms with Crippen LogP contribution in [0.1, 0.15) is 34.3 Å². The Morgan fingerprint density at radius 1 is 1.16 bits per heavy atom. The predicted molar refractivity (Wildman–Crippen MR) is 118 cm³/mol. The molecule has 1 aliphatic heterocycles. The van der Waals surface area contributed by atoms with Gasteiger partial charge in [0.15, 0.2) is 0 Å². The second-order valence-electron chi connectivity index (χ2n) is 7.78. The summed E-state index contributed by atoms with van der Waals surface area (Å²) in [6, 6.07) is 17.5. The van der Waals surface area contributed by atoms with Crippen molar-refractivity contribution in [3.05, 3.63) is 83.8 Å². The number of furan rings is 1. The van der Waals surface area contributed by atoms with Gasteiger partial charge in [0, 0.05) is 30.8 Å². The number of benzene rings is 2. The first-order valence-corrected chi connectivity index (χ1v) is 10.5. The molecule has 2 heterocycles. The van der Waals surface area contributed by atoms with Crippen molar-refractivity contribution in [3.8, 4) is 5.75 Å². The molecule has 6 heteroatoms. The minimum Gasteiger partial charge on any atom is -0.496 e. The zero-order valence-electron chi connectivity index (χ0n) is 17.5. The molecule has 1 saturated heterocycles. The molecule has 0 spiro atoms. The number of carbonyl (C=O) groups excluding carboxylic acids is 2. The molecule has 3 aromatic rings. The van der Waals surface area contributed by atoms with Crippen LogP contribution in [0.25, 0.3) is 0 Å². The van der Waals surface area contributed by atoms with Gasteiger partial charge in [-0.05, 0) is 42.7 Å². The Kier molecular flexibility index (Phi) is 6.36. The summed E-state index contributed by atoms with van der Waals surface area (Å²) in [5.41, 5.74) is 3.42. The van der Waals surface area contributed by atoms with Crippen LogP contribution in [0, 0.1) is 5.92 Å². The summed E-state index contributed by atoms with van der Waals surface area (Å²) in [7, 11) is 1.65. The summed E-state index contributed by atoms with van der Waals surface area (Å²) in [5.74, 6) is 0.377. The lowest BCUT2D eigenvalue weighted by Crippen LogP contribution is -2.43. The number of piperidine rings is 1. The van der Waals surface area contributed by atoms with Crippen molar-refractivity contribution < 1.29 is 18.7 Å². The molecular weight excluding hydrogens is 392 g/mol. The first-order valence-electron chi connectivity index (χ1n) is 10.5. The van der Waals surface area contributed by atoms with Crippen LogP contribution in [0.15, 0.2) is 71.5 Å². The van der Waals surface area contributed by atoms with Gasteiger partial charge >= 0.3 is 0 Å². The molecule has 0 bridgehead atoms. The van der Waals surface area contributed by atoms with Gasteiger partial charge in [-0.25, -0.2) is 0 Å². The normalized spacial score (nSPS) is 16.0. The van der Waals surface area contributed by atoms with Gasteiger partial charge in [-0.3, -0.25) is 9.59 Å². The van der Waals surface area contributed by atoms with Crippen LogP contribution in [0.2, 0.25) is 0 Å². The van der Waals surface area contributed by atoms with Crippen molar-refractivity contribution in [1.29, 1.82) is 0 Å². The van der Waals surface area contributed by atoms with Gasteiger partial charge in [-0.15, -0.1) is 0 Å². The molecule has 160 valence electrons. The highest BCUT2D eigenvalue weighted by Crippen LogP contribution is 2.27. The average Bonchev–Trinajstić information content (AvgIpc) is 3.34. The van der Waals surface area contributed by atoms with Crippen molar-refractivity contribution in [2.75, 3.05) is 25.5 Å². The number of carbonyl (C=O) groups is 2. The fraction of sp³-hybridized carbons (Fsp3) is 0.280. The molecule has 6 nitrogen and oxygen atoms in total. The molecule has 4 rings (SSSR count). The number of likely N-dealkylation sites (tertiary alicyclic amines) is 1. The Labute approximate surface area is 181 Å². The van der Waals surface area contributed by atoms with Gasteiger partial charge in [0.05, 0.1) is 24.9 Å². The van der Waals surface area contributed by atoms with Crippen LogP contribution < -0.4 is 10.1 Å². The summed E-state index contributed by atoms with van der Waals surface area (Å²) in [6.07, 6.45) is 5.19. The standard InChI is InChI=1S/C25H26N2O4/c1-30-23-10-9-22(15-21(23)14-18-6-3-2-4-7-18)26-24(28)19-8-5-12-27(16-19)25(29)20-11-13-31-17-20/h2-4,6-7,9-11,13,15,17,19H,5,8,12,14,16H2,1H3,(H,26,28)/t19-/m0/s1. The van der Waals surface area contributed by atoms with E-state index in [1.165, 1.54) is 18.1 Å². The van der Waals surface area contributed by atoms with E-state index < -0.39 is 0 Å². The number of ether oxygens (including phenoxy) is 1. The molecule has 0 aliphatic carbocycles. The number of nitrogens with zero attached hydrogens (tertiary/aromatic N) is 1. The summed E-state index contributed by atoms with van der Waals surface area (Å²) in [4.78, 5) is 27.3. The number of methoxy groups -OCH3 is 1. The quantitative estimate of drug-likeness (QED) is 0.645. The average molecular weight is 418 g/mol. The molecule has 1 fully saturated rings. The Hall–Kier alpha value is -3.54. The fourth-order valence-electron chi connectivity index (χ4n) is 4.00. The molecule has 1 atom stereocenters. The van der Waals surface area contributed by atoms with Gasteiger partial charge in [0.25, 0.3) is 5.91 Å². The molecule has 2 amide bonds. The third kappa shape index (κ3) is 4.97. The first-order chi connectivity index (χ1) is 15.1. The molecular formula is C25H26N2O4. The van der Waals surface area contributed by atoms with Crippen LogP contribution in [-0.2, 0) is 11.2 Å². The van der Waals surface area contributed by atoms with E-state index in [0.29, 0.717) is 25.1 Å². The second-order valence-corrected chi connectivity index (χ2v) is 7.78. The maximum Gasteiger partial charge on any atom is 0.257 e. The molecule has 0 unspecified atom stereocenters. The van der Waals surface area contributed by atoms with Crippen LogP contribution >= 0.6 is 0 Å². The van der Waals surface area contributed by atoms with Crippen LogP contribution in [0.3, 0.4) is 0 Å². The Morgan fingerprint density at radius 2 is 2.00 bits per heavy atom. The zero-order chi connectivity index (χ0) is 21.6. The molecule has 0 radical (unpaired) electrons. The molecule has 2 aromatic carbocycles. The molecule has 0 saturated carbocycles. The highest BCUT2D eigenvalue weighted by atomic mass is 16.5. The minimum atomic E-state index is -0.246. The van der Waals surface area contributed by atoms with E-state index in [9.17, 15) is 9.59 Å². The van der Waals surface area contributed by atoms with E-state index in [0.717, 1.165) is 29.8 Å². The number of hydrogen-bond acceptors (Lipinski definition) is 4. The third-order valence-corrected chi connectivity index (χ3v) is 5.63. The summed E-state index contributed by atoms with van der Waals surface area (Å²) < 4.78 is 10.5. The largest absolute Gasteiger partial charge is 0.496 e. The van der Waals surface area contributed by atoms with Crippen molar-refractivity contribution in [1.82, 2.24) is 4.90 Å². The molecule has 31 heavy (non-hydrogen) atoms. The van der Waals surface area contributed by atoms with Crippen molar-refractivity contribution in [3.63, 3.8) is 0 Å². The van der Waals surface area contributed by atoms with E-state index in [4.69, 9.17) is 9.15 Å². The van der Waals surface area contributed by atoms with Crippen LogP contribution in [0.4, 0.5) is 5.69 Å². The highest BCUT2D eigenvalue weighted by molar-refractivity contribution is 5.96. The van der Waals surface area contributed by atoms with Crippen molar-refractivity contribution >= 4 is 17.5 Å².